The van der Waals surface area contributed by atoms with Crippen LogP contribution >= 0.6 is 15.9 Å². The average molecular weight is 501 g/mol. The number of amides is 1. The van der Waals surface area contributed by atoms with Crippen LogP contribution in [0.3, 0.4) is 0 Å². The van der Waals surface area contributed by atoms with Gasteiger partial charge >= 0.3 is 0 Å². The van der Waals surface area contributed by atoms with E-state index in [0.717, 1.165) is 32.7 Å². The molecule has 6 nitrogen and oxygen atoms in total. The van der Waals surface area contributed by atoms with Gasteiger partial charge in [0, 0.05) is 15.9 Å². The maximum absolute atomic E-state index is 13.1. The first kappa shape index (κ1) is 21.0. The van der Waals surface area contributed by atoms with Gasteiger partial charge in [0.15, 0.2) is 0 Å². The molecule has 0 saturated carbocycles. The Hall–Kier alpha value is -3.84. The second-order valence-electron chi connectivity index (χ2n) is 7.60. The number of rotatable bonds is 5. The third kappa shape index (κ3) is 4.27. The van der Waals surface area contributed by atoms with Crippen LogP contribution in [-0.4, -0.2) is 22.8 Å². The summed E-state index contributed by atoms with van der Waals surface area (Å²) in [6.07, 6.45) is 3.72. The molecule has 0 aliphatic carbocycles. The van der Waals surface area contributed by atoms with Gasteiger partial charge in [0.2, 0.25) is 0 Å². The van der Waals surface area contributed by atoms with Crippen molar-refractivity contribution in [3.8, 4) is 5.75 Å². The van der Waals surface area contributed by atoms with Crippen LogP contribution in [0, 0.1) is 0 Å². The first-order chi connectivity index (χ1) is 16.1. The summed E-state index contributed by atoms with van der Waals surface area (Å²) in [6, 6.07) is 25.1. The molecule has 2 N–H and O–H groups in total. The third-order valence-electron chi connectivity index (χ3n) is 5.53. The lowest BCUT2D eigenvalue weighted by Gasteiger charge is -2.26. The highest BCUT2D eigenvalue weighted by Gasteiger charge is 2.28. The number of halogens is 1. The van der Waals surface area contributed by atoms with E-state index in [1.165, 1.54) is 0 Å². The zero-order valence-electron chi connectivity index (χ0n) is 17.8. The predicted octanol–water partition coefficient (Wildman–Crippen LogP) is 5.96. The highest BCUT2D eigenvalue weighted by Crippen LogP contribution is 2.36. The number of nitrogens with zero attached hydrogens (tertiary/aromatic N) is 2. The van der Waals surface area contributed by atoms with Crippen molar-refractivity contribution in [3.63, 3.8) is 0 Å². The second-order valence-corrected chi connectivity index (χ2v) is 8.52. The zero-order valence-corrected chi connectivity index (χ0v) is 19.4. The van der Waals surface area contributed by atoms with E-state index in [9.17, 15) is 4.79 Å². The Morgan fingerprint density at radius 3 is 2.45 bits per heavy atom. The van der Waals surface area contributed by atoms with E-state index >= 15 is 0 Å². The summed E-state index contributed by atoms with van der Waals surface area (Å²) in [7, 11) is 1.65. The minimum absolute atomic E-state index is 0.191. The first-order valence-electron chi connectivity index (χ1n) is 10.4. The summed E-state index contributed by atoms with van der Waals surface area (Å²) in [4.78, 5) is 13.1. The number of fused-ring (bicyclic) bond motifs is 1. The smallest absolute Gasteiger partial charge is 0.261 e. The number of aromatic nitrogens is 2. The Kier molecular flexibility index (Phi) is 5.71. The molecule has 0 spiro atoms. The minimum Gasteiger partial charge on any atom is -0.497 e. The maximum Gasteiger partial charge on any atom is 0.261 e. The molecule has 0 saturated heterocycles. The summed E-state index contributed by atoms with van der Waals surface area (Å²) >= 11 is 3.49. The van der Waals surface area contributed by atoms with Crippen LogP contribution in [0.4, 0.5) is 11.5 Å². The van der Waals surface area contributed by atoms with E-state index in [0.29, 0.717) is 11.4 Å². The number of ether oxygens (including phenoxy) is 1. The molecule has 0 bridgehead atoms. The van der Waals surface area contributed by atoms with Gasteiger partial charge in [-0.2, -0.15) is 5.10 Å². The summed E-state index contributed by atoms with van der Waals surface area (Å²) in [5.41, 5.74) is 4.16. The molecular formula is C26H21BrN4O2. The molecule has 1 amide bonds. The number of benzene rings is 3. The largest absolute Gasteiger partial charge is 0.497 e. The van der Waals surface area contributed by atoms with Crippen molar-refractivity contribution in [2.75, 3.05) is 17.7 Å². The lowest BCUT2D eigenvalue weighted by Crippen LogP contribution is -2.22. The molecule has 0 radical (unpaired) electrons. The van der Waals surface area contributed by atoms with E-state index in [-0.39, 0.29) is 11.9 Å². The fourth-order valence-electron chi connectivity index (χ4n) is 3.82. The summed E-state index contributed by atoms with van der Waals surface area (Å²) in [6.45, 7) is 0. The lowest BCUT2D eigenvalue weighted by molar-refractivity contribution is 0.102. The van der Waals surface area contributed by atoms with Gasteiger partial charge in [-0.25, -0.2) is 4.68 Å². The number of hydrogen-bond donors (Lipinski definition) is 2. The molecule has 1 atom stereocenters. The first-order valence-corrected chi connectivity index (χ1v) is 11.2. The summed E-state index contributed by atoms with van der Waals surface area (Å²) in [5, 5.41) is 11.0. The number of para-hydroxylation sites is 1. The number of carbonyl (C=O) groups excluding carboxylic acids is 1. The predicted molar refractivity (Wildman–Crippen MR) is 133 cm³/mol. The molecule has 0 fully saturated rings. The Morgan fingerprint density at radius 2 is 1.76 bits per heavy atom. The second kappa shape index (κ2) is 8.96. The van der Waals surface area contributed by atoms with Gasteiger partial charge in [-0.1, -0.05) is 58.4 Å². The van der Waals surface area contributed by atoms with Gasteiger partial charge in [0.25, 0.3) is 5.91 Å². The van der Waals surface area contributed by atoms with Crippen molar-refractivity contribution in [3.05, 3.63) is 112 Å². The SMILES string of the molecule is COc1ccc([C@H]2C=C(c3ccc(Br)cc3)Nc3c(C(=O)Nc4ccccc4)cnn32)cc1. The minimum atomic E-state index is -0.222. The molecule has 3 aromatic carbocycles. The number of allylic oxidation sites excluding steroid dienone is 1. The molecule has 5 rings (SSSR count). The lowest BCUT2D eigenvalue weighted by atomic mass is 10.0. The number of carbonyl (C=O) groups is 1. The highest BCUT2D eigenvalue weighted by atomic mass is 79.9. The molecule has 1 aromatic heterocycles. The van der Waals surface area contributed by atoms with Crippen molar-refractivity contribution in [1.29, 1.82) is 0 Å². The van der Waals surface area contributed by atoms with Crippen LogP contribution < -0.4 is 15.4 Å². The number of nitrogens with one attached hydrogen (secondary N) is 2. The van der Waals surface area contributed by atoms with Gasteiger partial charge in [0.1, 0.15) is 17.1 Å². The molecular weight excluding hydrogens is 480 g/mol. The van der Waals surface area contributed by atoms with Gasteiger partial charge in [-0.3, -0.25) is 4.79 Å². The molecule has 2 heterocycles. The fraction of sp³-hybridized carbons (Fsp3) is 0.0769. The van der Waals surface area contributed by atoms with Crippen molar-refractivity contribution in [2.45, 2.75) is 6.04 Å². The van der Waals surface area contributed by atoms with Crippen LogP contribution in [0.5, 0.6) is 5.75 Å². The zero-order chi connectivity index (χ0) is 22.8. The number of hydrogen-bond acceptors (Lipinski definition) is 4. The van der Waals surface area contributed by atoms with Crippen molar-refractivity contribution in [2.24, 2.45) is 0 Å². The van der Waals surface area contributed by atoms with E-state index in [1.54, 1.807) is 13.3 Å². The van der Waals surface area contributed by atoms with Gasteiger partial charge in [-0.05, 0) is 53.6 Å². The molecule has 0 unspecified atom stereocenters. The van der Waals surface area contributed by atoms with E-state index in [1.807, 2.05) is 83.5 Å². The molecule has 164 valence electrons. The van der Waals surface area contributed by atoms with Gasteiger partial charge in [-0.15, -0.1) is 0 Å². The topological polar surface area (TPSA) is 68.2 Å². The quantitative estimate of drug-likeness (QED) is 0.354. The monoisotopic (exact) mass is 500 g/mol. The van der Waals surface area contributed by atoms with Crippen molar-refractivity contribution in [1.82, 2.24) is 9.78 Å². The average Bonchev–Trinajstić information content (AvgIpc) is 3.29. The molecule has 1 aliphatic heterocycles. The Morgan fingerprint density at radius 1 is 1.03 bits per heavy atom. The van der Waals surface area contributed by atoms with Crippen LogP contribution in [0.1, 0.15) is 27.5 Å². The highest BCUT2D eigenvalue weighted by molar-refractivity contribution is 9.10. The Bertz CT molecular complexity index is 1310. The van der Waals surface area contributed by atoms with E-state index < -0.39 is 0 Å². The Labute approximate surface area is 200 Å². The van der Waals surface area contributed by atoms with Gasteiger partial charge < -0.3 is 15.4 Å². The summed E-state index contributed by atoms with van der Waals surface area (Å²) in [5.74, 6) is 1.21. The molecule has 4 aromatic rings. The third-order valence-corrected chi connectivity index (χ3v) is 6.05. The van der Waals surface area contributed by atoms with Gasteiger partial charge in [0.05, 0.1) is 19.3 Å². The van der Waals surface area contributed by atoms with Crippen molar-refractivity contribution < 1.29 is 9.53 Å². The van der Waals surface area contributed by atoms with Crippen LogP contribution in [0.15, 0.2) is 95.6 Å². The van der Waals surface area contributed by atoms with Crippen molar-refractivity contribution >= 4 is 39.0 Å². The summed E-state index contributed by atoms with van der Waals surface area (Å²) < 4.78 is 8.15. The van der Waals surface area contributed by atoms with Crippen LogP contribution in [-0.2, 0) is 0 Å². The molecule has 1 aliphatic rings. The normalized spacial score (nSPS) is 14.6. The van der Waals surface area contributed by atoms with E-state index in [2.05, 4.69) is 37.7 Å². The number of anilines is 2. The van der Waals surface area contributed by atoms with E-state index in [4.69, 9.17) is 4.74 Å². The number of methoxy groups -OCH3 is 1. The van der Waals surface area contributed by atoms with Crippen LogP contribution in [0.2, 0.25) is 0 Å². The molecule has 7 heteroatoms. The standard InChI is InChI=1S/C26H21BrN4O2/c1-33-21-13-9-18(10-14-21)24-15-23(17-7-11-19(27)12-8-17)30-25-22(16-28-31(24)25)26(32)29-20-5-3-2-4-6-20/h2-16,24,30H,1H3,(H,29,32)/t24-/m1/s1. The maximum atomic E-state index is 13.1. The fourth-order valence-corrected chi connectivity index (χ4v) is 4.08. The Balaban J connectivity index is 1.56. The molecule has 33 heavy (non-hydrogen) atoms. The van der Waals surface area contributed by atoms with Crippen LogP contribution in [0.25, 0.3) is 5.70 Å².